The van der Waals surface area contributed by atoms with Crippen molar-refractivity contribution in [2.75, 3.05) is 0 Å². The van der Waals surface area contributed by atoms with Crippen LogP contribution < -0.4 is 5.73 Å². The Morgan fingerprint density at radius 1 is 1.38 bits per heavy atom. The van der Waals surface area contributed by atoms with Crippen molar-refractivity contribution in [3.63, 3.8) is 0 Å². The summed E-state index contributed by atoms with van der Waals surface area (Å²) in [7, 11) is 0. The third-order valence-corrected chi connectivity index (χ3v) is 2.79. The second kappa shape index (κ2) is 4.45. The molecule has 16 heavy (non-hydrogen) atoms. The van der Waals surface area contributed by atoms with E-state index in [0.717, 1.165) is 11.3 Å². The molecule has 0 aliphatic heterocycles. The van der Waals surface area contributed by atoms with Gasteiger partial charge in [0.25, 0.3) is 0 Å². The molecule has 0 amide bonds. The molecule has 84 valence electrons. The van der Waals surface area contributed by atoms with Crippen LogP contribution in [0.4, 0.5) is 0 Å². The lowest BCUT2D eigenvalue weighted by Gasteiger charge is -2.09. The summed E-state index contributed by atoms with van der Waals surface area (Å²) < 4.78 is 1.63. The summed E-state index contributed by atoms with van der Waals surface area (Å²) in [6, 6.07) is 5.62. The molecule has 1 aromatic carbocycles. The van der Waals surface area contributed by atoms with Gasteiger partial charge in [0.15, 0.2) is 0 Å². The van der Waals surface area contributed by atoms with Crippen molar-refractivity contribution in [2.24, 2.45) is 5.73 Å². The minimum Gasteiger partial charge on any atom is -0.324 e. The number of nitrogens with two attached hydrogens (primary N) is 1. The van der Waals surface area contributed by atoms with E-state index in [2.05, 4.69) is 5.10 Å². The van der Waals surface area contributed by atoms with Crippen LogP contribution in [0.5, 0.6) is 0 Å². The first-order valence-corrected chi connectivity index (χ1v) is 5.59. The van der Waals surface area contributed by atoms with Gasteiger partial charge in [-0.25, -0.2) is 4.68 Å². The Kier molecular flexibility index (Phi) is 3.19. The third-order valence-electron chi connectivity index (χ3n) is 2.30. The first-order chi connectivity index (χ1) is 7.58. The third kappa shape index (κ3) is 2.21. The minimum absolute atomic E-state index is 0.0345. The number of benzene rings is 1. The zero-order chi connectivity index (χ0) is 11.7. The number of halogens is 2. The van der Waals surface area contributed by atoms with Gasteiger partial charge in [-0.2, -0.15) is 5.10 Å². The summed E-state index contributed by atoms with van der Waals surface area (Å²) in [4.78, 5) is 0. The number of hydrogen-bond acceptors (Lipinski definition) is 2. The normalized spacial score (nSPS) is 12.8. The summed E-state index contributed by atoms with van der Waals surface area (Å²) >= 11 is 12.0. The van der Waals surface area contributed by atoms with Crippen molar-refractivity contribution in [1.29, 1.82) is 0 Å². The van der Waals surface area contributed by atoms with E-state index >= 15 is 0 Å². The Bertz CT molecular complexity index is 506. The van der Waals surface area contributed by atoms with Crippen LogP contribution in [0.3, 0.4) is 0 Å². The molecule has 0 unspecified atom stereocenters. The quantitative estimate of drug-likeness (QED) is 0.896. The van der Waals surface area contributed by atoms with Gasteiger partial charge in [-0.1, -0.05) is 29.3 Å². The van der Waals surface area contributed by atoms with Crippen LogP contribution in [-0.4, -0.2) is 9.78 Å². The Hall–Kier alpha value is -1.03. The molecule has 2 aromatic rings. The molecule has 0 aliphatic rings. The predicted molar refractivity (Wildman–Crippen MR) is 66.2 cm³/mol. The summed E-state index contributed by atoms with van der Waals surface area (Å²) in [5.41, 5.74) is 7.56. The van der Waals surface area contributed by atoms with E-state index in [-0.39, 0.29) is 6.04 Å². The molecule has 0 saturated heterocycles. The second-order valence-electron chi connectivity index (χ2n) is 3.60. The lowest BCUT2D eigenvalue weighted by Crippen LogP contribution is -2.05. The first kappa shape index (κ1) is 11.5. The van der Waals surface area contributed by atoms with Crippen molar-refractivity contribution in [3.05, 3.63) is 46.2 Å². The van der Waals surface area contributed by atoms with Gasteiger partial charge in [0.05, 0.1) is 21.9 Å². The summed E-state index contributed by atoms with van der Waals surface area (Å²) in [5, 5.41) is 5.27. The molecule has 0 fully saturated rings. The fourth-order valence-corrected chi connectivity index (χ4v) is 1.84. The average molecular weight is 256 g/mol. The van der Waals surface area contributed by atoms with Crippen LogP contribution in [0.1, 0.15) is 18.5 Å². The molecule has 0 spiro atoms. The van der Waals surface area contributed by atoms with Crippen LogP contribution >= 0.6 is 23.2 Å². The van der Waals surface area contributed by atoms with Gasteiger partial charge >= 0.3 is 0 Å². The number of hydrogen-bond donors (Lipinski definition) is 1. The summed E-state index contributed by atoms with van der Waals surface area (Å²) in [6.07, 6.45) is 3.27. The Balaban J connectivity index is 2.44. The average Bonchev–Trinajstić information content (AvgIpc) is 2.64. The van der Waals surface area contributed by atoms with Crippen molar-refractivity contribution >= 4 is 23.2 Å². The van der Waals surface area contributed by atoms with E-state index in [1.807, 2.05) is 25.1 Å². The van der Waals surface area contributed by atoms with Gasteiger partial charge in [-0.05, 0) is 24.6 Å². The Morgan fingerprint density at radius 2 is 2.12 bits per heavy atom. The van der Waals surface area contributed by atoms with Gasteiger partial charge in [-0.3, -0.25) is 0 Å². The highest BCUT2D eigenvalue weighted by Gasteiger charge is 2.07. The van der Waals surface area contributed by atoms with E-state index in [1.54, 1.807) is 17.1 Å². The Labute approximate surface area is 104 Å². The molecule has 1 atom stereocenters. The molecule has 5 heteroatoms. The molecule has 0 bridgehead atoms. The van der Waals surface area contributed by atoms with Gasteiger partial charge in [0.2, 0.25) is 0 Å². The largest absolute Gasteiger partial charge is 0.324 e. The van der Waals surface area contributed by atoms with E-state index in [9.17, 15) is 0 Å². The van der Waals surface area contributed by atoms with E-state index in [0.29, 0.717) is 10.0 Å². The summed E-state index contributed by atoms with van der Waals surface area (Å²) in [6.45, 7) is 1.91. The van der Waals surface area contributed by atoms with Gasteiger partial charge in [0.1, 0.15) is 0 Å². The van der Waals surface area contributed by atoms with Crippen LogP contribution in [0.15, 0.2) is 30.6 Å². The second-order valence-corrected chi connectivity index (χ2v) is 4.45. The SMILES string of the molecule is C[C@H](N)c1ccc(-n2cc(Cl)cn2)c(Cl)c1. The topological polar surface area (TPSA) is 43.8 Å². The minimum atomic E-state index is -0.0345. The van der Waals surface area contributed by atoms with Gasteiger partial charge < -0.3 is 5.73 Å². The molecular formula is C11H11Cl2N3. The smallest absolute Gasteiger partial charge is 0.0832 e. The number of nitrogens with zero attached hydrogens (tertiary/aromatic N) is 2. The molecule has 0 saturated carbocycles. The molecule has 3 nitrogen and oxygen atoms in total. The van der Waals surface area contributed by atoms with Crippen LogP contribution in [0.25, 0.3) is 5.69 Å². The van der Waals surface area contributed by atoms with Gasteiger partial charge in [0, 0.05) is 12.2 Å². The van der Waals surface area contributed by atoms with Crippen molar-refractivity contribution in [2.45, 2.75) is 13.0 Å². The fourth-order valence-electron chi connectivity index (χ4n) is 1.42. The lowest BCUT2D eigenvalue weighted by molar-refractivity contribution is 0.814. The standard InChI is InChI=1S/C11H11Cl2N3/c1-7(14)8-2-3-11(10(13)4-8)16-6-9(12)5-15-16/h2-7H,14H2,1H3/t7-/m0/s1. The maximum absolute atomic E-state index is 6.16. The number of aromatic nitrogens is 2. The predicted octanol–water partition coefficient (Wildman–Crippen LogP) is 3.20. The van der Waals surface area contributed by atoms with E-state index in [4.69, 9.17) is 28.9 Å². The van der Waals surface area contributed by atoms with Crippen molar-refractivity contribution < 1.29 is 0 Å². The zero-order valence-corrected chi connectivity index (χ0v) is 10.2. The zero-order valence-electron chi connectivity index (χ0n) is 8.69. The molecular weight excluding hydrogens is 245 g/mol. The Morgan fingerprint density at radius 3 is 2.62 bits per heavy atom. The molecule has 0 radical (unpaired) electrons. The maximum atomic E-state index is 6.16. The monoisotopic (exact) mass is 255 g/mol. The summed E-state index contributed by atoms with van der Waals surface area (Å²) in [5.74, 6) is 0. The molecule has 0 aliphatic carbocycles. The van der Waals surface area contributed by atoms with Gasteiger partial charge in [-0.15, -0.1) is 0 Å². The molecule has 1 aromatic heterocycles. The van der Waals surface area contributed by atoms with Crippen molar-refractivity contribution in [1.82, 2.24) is 9.78 Å². The maximum Gasteiger partial charge on any atom is 0.0832 e. The highest BCUT2D eigenvalue weighted by molar-refractivity contribution is 6.32. The lowest BCUT2D eigenvalue weighted by atomic mass is 10.1. The van der Waals surface area contributed by atoms with Crippen LogP contribution in [-0.2, 0) is 0 Å². The van der Waals surface area contributed by atoms with Crippen LogP contribution in [0.2, 0.25) is 10.0 Å². The molecule has 2 rings (SSSR count). The van der Waals surface area contributed by atoms with E-state index in [1.165, 1.54) is 0 Å². The first-order valence-electron chi connectivity index (χ1n) is 4.83. The van der Waals surface area contributed by atoms with Crippen molar-refractivity contribution in [3.8, 4) is 5.69 Å². The molecule has 1 heterocycles. The highest BCUT2D eigenvalue weighted by Crippen LogP contribution is 2.24. The molecule has 2 N–H and O–H groups in total. The highest BCUT2D eigenvalue weighted by atomic mass is 35.5. The number of rotatable bonds is 2. The van der Waals surface area contributed by atoms with E-state index < -0.39 is 0 Å². The fraction of sp³-hybridized carbons (Fsp3) is 0.182. The van der Waals surface area contributed by atoms with Crippen LogP contribution in [0, 0.1) is 0 Å².